The van der Waals surface area contributed by atoms with E-state index in [4.69, 9.17) is 34.3 Å². The van der Waals surface area contributed by atoms with Crippen molar-refractivity contribution in [2.75, 3.05) is 12.4 Å². The Morgan fingerprint density at radius 1 is 1.33 bits per heavy atom. The lowest BCUT2D eigenvalue weighted by atomic mass is 10.1. The molecular formula is C14H15ClN4OS. The Morgan fingerprint density at radius 2 is 2.05 bits per heavy atom. The SMILES string of the molecule is COc1ccc(Nc2nnc(C)c(C)c2C(N)=S)cc1Cl. The molecule has 0 fully saturated rings. The van der Waals surface area contributed by atoms with Gasteiger partial charge in [0.1, 0.15) is 10.7 Å². The molecule has 3 N–H and O–H groups in total. The molecule has 0 aliphatic carbocycles. The van der Waals surface area contributed by atoms with Crippen LogP contribution in [0.5, 0.6) is 5.75 Å². The second-order valence-electron chi connectivity index (χ2n) is 4.47. The van der Waals surface area contributed by atoms with Crippen molar-refractivity contribution in [1.29, 1.82) is 0 Å². The molecule has 2 aromatic rings. The minimum absolute atomic E-state index is 0.271. The van der Waals surface area contributed by atoms with E-state index >= 15 is 0 Å². The number of hydrogen-bond acceptors (Lipinski definition) is 5. The Bertz CT molecular complexity index is 706. The average molecular weight is 323 g/mol. The quantitative estimate of drug-likeness (QED) is 0.842. The minimum Gasteiger partial charge on any atom is -0.495 e. The Labute approximate surface area is 133 Å². The normalized spacial score (nSPS) is 10.3. The number of thiocarbonyl (C=S) groups is 1. The molecule has 0 spiro atoms. The first-order valence-corrected chi connectivity index (χ1v) is 6.97. The number of ether oxygens (including phenoxy) is 1. The topological polar surface area (TPSA) is 73.1 Å². The maximum atomic E-state index is 6.10. The number of nitrogens with one attached hydrogen (secondary N) is 1. The van der Waals surface area contributed by atoms with Crippen molar-refractivity contribution in [3.05, 3.63) is 40.0 Å². The van der Waals surface area contributed by atoms with E-state index in [1.165, 1.54) is 0 Å². The summed E-state index contributed by atoms with van der Waals surface area (Å²) in [6.07, 6.45) is 0. The van der Waals surface area contributed by atoms with E-state index in [0.29, 0.717) is 22.2 Å². The van der Waals surface area contributed by atoms with Crippen LogP contribution in [0, 0.1) is 13.8 Å². The number of methoxy groups -OCH3 is 1. The summed E-state index contributed by atoms with van der Waals surface area (Å²) < 4.78 is 5.12. The van der Waals surface area contributed by atoms with E-state index in [2.05, 4.69) is 15.5 Å². The van der Waals surface area contributed by atoms with Crippen LogP contribution in [0.25, 0.3) is 0 Å². The number of aromatic nitrogens is 2. The fraction of sp³-hybridized carbons (Fsp3) is 0.214. The first-order valence-electron chi connectivity index (χ1n) is 6.18. The second-order valence-corrected chi connectivity index (χ2v) is 5.32. The van der Waals surface area contributed by atoms with Gasteiger partial charge >= 0.3 is 0 Å². The van der Waals surface area contributed by atoms with E-state index in [1.54, 1.807) is 19.2 Å². The number of benzene rings is 1. The standard InChI is InChI=1S/C14H15ClN4OS/c1-7-8(2)18-19-14(12(7)13(16)21)17-9-4-5-11(20-3)10(15)6-9/h4-6H,1-3H3,(H2,16,21)(H,17,19). The third kappa shape index (κ3) is 3.22. The maximum absolute atomic E-state index is 6.10. The van der Waals surface area contributed by atoms with Gasteiger partial charge in [-0.1, -0.05) is 23.8 Å². The van der Waals surface area contributed by atoms with Crippen molar-refractivity contribution in [2.45, 2.75) is 13.8 Å². The molecule has 0 aliphatic rings. The molecule has 7 heteroatoms. The van der Waals surface area contributed by atoms with Gasteiger partial charge in [-0.3, -0.25) is 0 Å². The molecule has 0 bridgehead atoms. The van der Waals surface area contributed by atoms with Gasteiger partial charge < -0.3 is 15.8 Å². The number of nitrogens with zero attached hydrogens (tertiary/aromatic N) is 2. The van der Waals surface area contributed by atoms with Crippen molar-refractivity contribution < 1.29 is 4.74 Å². The van der Waals surface area contributed by atoms with Gasteiger partial charge in [-0.25, -0.2) is 0 Å². The number of hydrogen-bond donors (Lipinski definition) is 2. The molecule has 0 atom stereocenters. The zero-order chi connectivity index (χ0) is 15.6. The summed E-state index contributed by atoms with van der Waals surface area (Å²) in [7, 11) is 1.56. The molecule has 0 unspecified atom stereocenters. The molecule has 1 aromatic carbocycles. The molecule has 1 aromatic heterocycles. The van der Waals surface area contributed by atoms with Crippen LogP contribution in [0.15, 0.2) is 18.2 Å². The van der Waals surface area contributed by atoms with Gasteiger partial charge in [0, 0.05) is 5.69 Å². The molecule has 21 heavy (non-hydrogen) atoms. The summed E-state index contributed by atoms with van der Waals surface area (Å²) in [6.45, 7) is 3.77. The van der Waals surface area contributed by atoms with E-state index in [-0.39, 0.29) is 4.99 Å². The van der Waals surface area contributed by atoms with Crippen LogP contribution in [0.3, 0.4) is 0 Å². The smallest absolute Gasteiger partial charge is 0.163 e. The molecule has 0 radical (unpaired) electrons. The van der Waals surface area contributed by atoms with Gasteiger partial charge in [0.2, 0.25) is 0 Å². The Morgan fingerprint density at radius 3 is 2.62 bits per heavy atom. The van der Waals surface area contributed by atoms with E-state index < -0.39 is 0 Å². The average Bonchev–Trinajstić information content (AvgIpc) is 2.43. The molecule has 0 saturated carbocycles. The summed E-state index contributed by atoms with van der Waals surface area (Å²) in [5, 5.41) is 11.8. The zero-order valence-electron chi connectivity index (χ0n) is 11.9. The molecule has 2 rings (SSSR count). The highest BCUT2D eigenvalue weighted by atomic mass is 35.5. The highest BCUT2D eigenvalue weighted by molar-refractivity contribution is 7.80. The number of anilines is 2. The summed E-state index contributed by atoms with van der Waals surface area (Å²) in [4.78, 5) is 0.271. The first kappa shape index (κ1) is 15.5. The van der Waals surface area contributed by atoms with Gasteiger partial charge in [0.25, 0.3) is 0 Å². The van der Waals surface area contributed by atoms with Gasteiger partial charge in [-0.15, -0.1) is 5.10 Å². The molecular weight excluding hydrogens is 308 g/mol. The lowest BCUT2D eigenvalue weighted by Gasteiger charge is -2.14. The number of nitrogens with two attached hydrogens (primary N) is 1. The van der Waals surface area contributed by atoms with Crippen LogP contribution in [0.4, 0.5) is 11.5 Å². The molecule has 5 nitrogen and oxygen atoms in total. The Kier molecular flexibility index (Phi) is 4.59. The third-order valence-corrected chi connectivity index (χ3v) is 3.61. The number of halogens is 1. The highest BCUT2D eigenvalue weighted by Gasteiger charge is 2.14. The van der Waals surface area contributed by atoms with Crippen LogP contribution in [-0.2, 0) is 0 Å². The largest absolute Gasteiger partial charge is 0.495 e. The van der Waals surface area contributed by atoms with Crippen molar-refractivity contribution in [3.63, 3.8) is 0 Å². The van der Waals surface area contributed by atoms with Crippen LogP contribution >= 0.6 is 23.8 Å². The predicted octanol–water partition coefficient (Wildman–Crippen LogP) is 3.13. The monoisotopic (exact) mass is 322 g/mol. The van der Waals surface area contributed by atoms with Crippen molar-refractivity contribution in [2.24, 2.45) is 5.73 Å². The highest BCUT2D eigenvalue weighted by Crippen LogP contribution is 2.29. The summed E-state index contributed by atoms with van der Waals surface area (Å²) >= 11 is 11.2. The van der Waals surface area contributed by atoms with Gasteiger partial charge in [-0.05, 0) is 37.6 Å². The first-order chi connectivity index (χ1) is 9.93. The molecule has 0 amide bonds. The van der Waals surface area contributed by atoms with Crippen LogP contribution in [-0.4, -0.2) is 22.3 Å². The van der Waals surface area contributed by atoms with Crippen LogP contribution in [0.1, 0.15) is 16.8 Å². The summed E-state index contributed by atoms with van der Waals surface area (Å²) in [5.41, 5.74) is 8.91. The summed E-state index contributed by atoms with van der Waals surface area (Å²) in [5.74, 6) is 1.11. The fourth-order valence-electron chi connectivity index (χ4n) is 1.88. The number of aryl methyl sites for hydroxylation is 1. The maximum Gasteiger partial charge on any atom is 0.163 e. The van der Waals surface area contributed by atoms with Gasteiger partial charge in [0.15, 0.2) is 5.82 Å². The van der Waals surface area contributed by atoms with Gasteiger partial charge in [-0.2, -0.15) is 5.10 Å². The van der Waals surface area contributed by atoms with Crippen molar-refractivity contribution in [1.82, 2.24) is 10.2 Å². The molecule has 110 valence electrons. The third-order valence-electron chi connectivity index (χ3n) is 3.12. The van der Waals surface area contributed by atoms with E-state index in [0.717, 1.165) is 16.9 Å². The Hall–Kier alpha value is -1.92. The fourth-order valence-corrected chi connectivity index (χ4v) is 2.39. The minimum atomic E-state index is 0.271. The van der Waals surface area contributed by atoms with Crippen LogP contribution < -0.4 is 15.8 Å². The van der Waals surface area contributed by atoms with Crippen molar-refractivity contribution >= 4 is 40.3 Å². The molecule has 1 heterocycles. The lowest BCUT2D eigenvalue weighted by molar-refractivity contribution is 0.415. The van der Waals surface area contributed by atoms with Gasteiger partial charge in [0.05, 0.1) is 23.4 Å². The van der Waals surface area contributed by atoms with E-state index in [1.807, 2.05) is 19.9 Å². The predicted molar refractivity (Wildman–Crippen MR) is 88.7 cm³/mol. The van der Waals surface area contributed by atoms with E-state index in [9.17, 15) is 0 Å². The zero-order valence-corrected chi connectivity index (χ0v) is 13.5. The summed E-state index contributed by atoms with van der Waals surface area (Å²) in [6, 6.07) is 5.32. The van der Waals surface area contributed by atoms with Crippen LogP contribution in [0.2, 0.25) is 5.02 Å². The number of rotatable bonds is 4. The lowest BCUT2D eigenvalue weighted by Crippen LogP contribution is -2.16. The molecule has 0 saturated heterocycles. The second kappa shape index (κ2) is 6.24. The van der Waals surface area contributed by atoms with Crippen molar-refractivity contribution in [3.8, 4) is 5.75 Å². The molecule has 0 aliphatic heterocycles. The Balaban J connectivity index is 2.42.